The average Bonchev–Trinajstić information content (AvgIpc) is 2.37. The maximum atomic E-state index is 5.71. The van der Waals surface area contributed by atoms with E-state index in [9.17, 15) is 0 Å². The quantitative estimate of drug-likeness (QED) is 0.419. The lowest BCUT2D eigenvalue weighted by atomic mass is 10.3. The normalized spacial score (nSPS) is 11.5. The Hall–Kier alpha value is -1.62. The molecule has 1 aromatic rings. The third kappa shape index (κ3) is 6.52. The summed E-state index contributed by atoms with van der Waals surface area (Å²) in [6, 6.07) is 5.73. The summed E-state index contributed by atoms with van der Waals surface area (Å²) >= 11 is 0. The Morgan fingerprint density at radius 2 is 2.41 bits per heavy atom. The van der Waals surface area contributed by atoms with Crippen molar-refractivity contribution in [3.8, 4) is 0 Å². The summed E-state index contributed by atoms with van der Waals surface area (Å²) in [5.41, 5.74) is 6.62. The molecular formula is C12H20N4O. The van der Waals surface area contributed by atoms with Crippen molar-refractivity contribution in [2.75, 3.05) is 19.8 Å². The third-order valence-corrected chi connectivity index (χ3v) is 2.11. The molecule has 1 aromatic heterocycles. The van der Waals surface area contributed by atoms with Gasteiger partial charge in [0.1, 0.15) is 0 Å². The van der Waals surface area contributed by atoms with Crippen molar-refractivity contribution >= 4 is 5.96 Å². The van der Waals surface area contributed by atoms with Gasteiger partial charge in [-0.1, -0.05) is 6.07 Å². The van der Waals surface area contributed by atoms with Crippen molar-refractivity contribution in [1.29, 1.82) is 0 Å². The van der Waals surface area contributed by atoms with E-state index in [0.717, 1.165) is 31.9 Å². The summed E-state index contributed by atoms with van der Waals surface area (Å²) < 4.78 is 5.21. The minimum Gasteiger partial charge on any atom is -0.382 e. The number of nitrogens with one attached hydrogen (secondary N) is 1. The highest BCUT2D eigenvalue weighted by atomic mass is 16.5. The van der Waals surface area contributed by atoms with E-state index < -0.39 is 0 Å². The second-order valence-electron chi connectivity index (χ2n) is 3.50. The fraction of sp³-hybridized carbons (Fsp3) is 0.500. The highest BCUT2D eigenvalue weighted by Crippen LogP contribution is 1.94. The number of hydrogen-bond donors (Lipinski definition) is 2. The van der Waals surface area contributed by atoms with Gasteiger partial charge < -0.3 is 15.8 Å². The maximum absolute atomic E-state index is 5.71. The lowest BCUT2D eigenvalue weighted by molar-refractivity contribution is 0.145. The molecular weight excluding hydrogens is 216 g/mol. The number of aromatic nitrogens is 1. The molecule has 1 heterocycles. The van der Waals surface area contributed by atoms with Crippen LogP contribution in [0.3, 0.4) is 0 Å². The Balaban J connectivity index is 2.17. The van der Waals surface area contributed by atoms with Crippen LogP contribution in [-0.4, -0.2) is 30.7 Å². The average molecular weight is 236 g/mol. The molecule has 5 nitrogen and oxygen atoms in total. The van der Waals surface area contributed by atoms with Crippen LogP contribution in [0.15, 0.2) is 29.4 Å². The van der Waals surface area contributed by atoms with Crippen molar-refractivity contribution in [3.05, 3.63) is 30.1 Å². The number of ether oxygens (including phenoxy) is 1. The number of nitrogens with zero attached hydrogens (tertiary/aromatic N) is 2. The van der Waals surface area contributed by atoms with Crippen molar-refractivity contribution < 1.29 is 4.74 Å². The molecule has 0 spiro atoms. The number of guanidine groups is 1. The van der Waals surface area contributed by atoms with Gasteiger partial charge in [-0.05, 0) is 25.5 Å². The molecule has 0 saturated heterocycles. The largest absolute Gasteiger partial charge is 0.382 e. The number of pyridine rings is 1. The van der Waals surface area contributed by atoms with Crippen molar-refractivity contribution in [2.45, 2.75) is 19.9 Å². The summed E-state index contributed by atoms with van der Waals surface area (Å²) in [7, 11) is 0. The Labute approximate surface area is 102 Å². The zero-order valence-electron chi connectivity index (χ0n) is 10.2. The molecule has 0 aliphatic rings. The third-order valence-electron chi connectivity index (χ3n) is 2.11. The number of rotatable bonds is 7. The summed E-state index contributed by atoms with van der Waals surface area (Å²) in [5.74, 6) is 0.451. The molecule has 0 unspecified atom stereocenters. The van der Waals surface area contributed by atoms with Crippen LogP contribution in [0.5, 0.6) is 0 Å². The number of nitrogens with two attached hydrogens (primary N) is 1. The molecule has 1 rings (SSSR count). The zero-order chi connectivity index (χ0) is 12.3. The Kier molecular flexibility index (Phi) is 6.74. The topological polar surface area (TPSA) is 72.5 Å². The summed E-state index contributed by atoms with van der Waals surface area (Å²) in [5, 5.41) is 3.03. The van der Waals surface area contributed by atoms with Crippen LogP contribution < -0.4 is 11.1 Å². The van der Waals surface area contributed by atoms with Crippen LogP contribution >= 0.6 is 0 Å². The van der Waals surface area contributed by atoms with Gasteiger partial charge in [0.05, 0.1) is 12.2 Å². The first kappa shape index (κ1) is 13.4. The molecule has 0 aliphatic heterocycles. The first-order valence-corrected chi connectivity index (χ1v) is 5.84. The lowest BCUT2D eigenvalue weighted by Gasteiger charge is -2.05. The molecule has 5 heteroatoms. The van der Waals surface area contributed by atoms with Crippen molar-refractivity contribution in [2.24, 2.45) is 10.7 Å². The summed E-state index contributed by atoms with van der Waals surface area (Å²) in [6.07, 6.45) is 2.67. The van der Waals surface area contributed by atoms with Gasteiger partial charge in [-0.2, -0.15) is 0 Å². The van der Waals surface area contributed by atoms with E-state index in [1.54, 1.807) is 6.20 Å². The second kappa shape index (κ2) is 8.52. The fourth-order valence-corrected chi connectivity index (χ4v) is 1.25. The Morgan fingerprint density at radius 3 is 3.12 bits per heavy atom. The first-order valence-electron chi connectivity index (χ1n) is 5.84. The number of aliphatic imine (C=N–C) groups is 1. The predicted octanol–water partition coefficient (Wildman–Crippen LogP) is 0.913. The molecule has 0 amide bonds. The van der Waals surface area contributed by atoms with Gasteiger partial charge in [-0.3, -0.25) is 4.98 Å². The van der Waals surface area contributed by atoms with Crippen LogP contribution in [0.1, 0.15) is 19.0 Å². The molecule has 94 valence electrons. The zero-order valence-corrected chi connectivity index (χ0v) is 10.2. The molecule has 0 atom stereocenters. The molecule has 0 bridgehead atoms. The Bertz CT molecular complexity index is 327. The van der Waals surface area contributed by atoms with Crippen LogP contribution in [0.2, 0.25) is 0 Å². The van der Waals surface area contributed by atoms with Gasteiger partial charge in [0, 0.05) is 26.0 Å². The monoisotopic (exact) mass is 236 g/mol. The summed E-state index contributed by atoms with van der Waals surface area (Å²) in [6.45, 7) is 4.76. The Morgan fingerprint density at radius 1 is 1.53 bits per heavy atom. The van der Waals surface area contributed by atoms with Crippen LogP contribution in [0.4, 0.5) is 0 Å². The second-order valence-corrected chi connectivity index (χ2v) is 3.50. The van der Waals surface area contributed by atoms with Gasteiger partial charge in [-0.15, -0.1) is 0 Å². The van der Waals surface area contributed by atoms with Gasteiger partial charge in [-0.25, -0.2) is 4.99 Å². The molecule has 0 radical (unpaired) electrons. The van der Waals surface area contributed by atoms with E-state index in [2.05, 4.69) is 15.3 Å². The van der Waals surface area contributed by atoms with E-state index in [1.807, 2.05) is 25.1 Å². The molecule has 0 aromatic carbocycles. The molecule has 0 aliphatic carbocycles. The number of hydrogen-bond acceptors (Lipinski definition) is 3. The highest BCUT2D eigenvalue weighted by molar-refractivity contribution is 5.77. The molecule has 3 N–H and O–H groups in total. The van der Waals surface area contributed by atoms with Gasteiger partial charge >= 0.3 is 0 Å². The van der Waals surface area contributed by atoms with Crippen molar-refractivity contribution in [1.82, 2.24) is 10.3 Å². The fourth-order valence-electron chi connectivity index (χ4n) is 1.25. The van der Waals surface area contributed by atoms with Crippen LogP contribution in [-0.2, 0) is 11.3 Å². The predicted molar refractivity (Wildman–Crippen MR) is 68.7 cm³/mol. The lowest BCUT2D eigenvalue weighted by Crippen LogP contribution is -2.32. The van der Waals surface area contributed by atoms with E-state index >= 15 is 0 Å². The maximum Gasteiger partial charge on any atom is 0.188 e. The van der Waals surface area contributed by atoms with Crippen LogP contribution in [0, 0.1) is 0 Å². The van der Waals surface area contributed by atoms with Crippen LogP contribution in [0.25, 0.3) is 0 Å². The summed E-state index contributed by atoms with van der Waals surface area (Å²) in [4.78, 5) is 8.35. The highest BCUT2D eigenvalue weighted by Gasteiger charge is 1.93. The first-order chi connectivity index (χ1) is 8.33. The van der Waals surface area contributed by atoms with Crippen molar-refractivity contribution in [3.63, 3.8) is 0 Å². The minimum atomic E-state index is 0.451. The minimum absolute atomic E-state index is 0.451. The molecule has 17 heavy (non-hydrogen) atoms. The standard InChI is InChI=1S/C12H20N4O/c1-2-17-9-5-8-15-12(13)16-10-11-6-3-4-7-14-11/h3-4,6-7H,2,5,8-10H2,1H3,(H3,13,15,16). The van der Waals surface area contributed by atoms with E-state index in [1.165, 1.54) is 0 Å². The smallest absolute Gasteiger partial charge is 0.188 e. The van der Waals surface area contributed by atoms with Gasteiger partial charge in [0.2, 0.25) is 0 Å². The molecule has 0 saturated carbocycles. The van der Waals surface area contributed by atoms with E-state index in [-0.39, 0.29) is 0 Å². The molecule has 0 fully saturated rings. The van der Waals surface area contributed by atoms with E-state index in [4.69, 9.17) is 10.5 Å². The van der Waals surface area contributed by atoms with E-state index in [0.29, 0.717) is 12.5 Å². The van der Waals surface area contributed by atoms with Gasteiger partial charge in [0.15, 0.2) is 5.96 Å². The van der Waals surface area contributed by atoms with Gasteiger partial charge in [0.25, 0.3) is 0 Å². The SMILES string of the molecule is CCOCCCNC(N)=NCc1ccccn1.